The van der Waals surface area contributed by atoms with E-state index in [0.29, 0.717) is 11.0 Å². The van der Waals surface area contributed by atoms with E-state index in [9.17, 15) is 9.18 Å². The Labute approximate surface area is 178 Å². The molecule has 2 N–H and O–H groups in total. The summed E-state index contributed by atoms with van der Waals surface area (Å²) in [7, 11) is 0. The highest BCUT2D eigenvalue weighted by Gasteiger charge is 2.58. The first-order valence-electron chi connectivity index (χ1n) is 10.2. The number of aromatic amines is 1. The minimum atomic E-state index is -0.501. The van der Waals surface area contributed by atoms with E-state index in [1.807, 2.05) is 32.9 Å². The van der Waals surface area contributed by atoms with Crippen LogP contribution in [0.25, 0.3) is 21.9 Å². The first-order valence-corrected chi connectivity index (χ1v) is 10.5. The predicted octanol–water partition coefficient (Wildman–Crippen LogP) is 5.00. The number of nitrogens with one attached hydrogen (secondary N) is 2. The second-order valence-corrected chi connectivity index (χ2v) is 9.79. The van der Waals surface area contributed by atoms with Crippen LogP contribution in [0.15, 0.2) is 24.3 Å². The Morgan fingerprint density at radius 2 is 2.17 bits per heavy atom. The maximum atomic E-state index is 13.9. The van der Waals surface area contributed by atoms with Gasteiger partial charge in [-0.2, -0.15) is 0 Å². The Morgan fingerprint density at radius 1 is 1.37 bits per heavy atom. The number of amides is 1. The summed E-state index contributed by atoms with van der Waals surface area (Å²) in [4.78, 5) is 22.3. The molecule has 158 valence electrons. The number of hydrogen-bond donors (Lipinski definition) is 2. The van der Waals surface area contributed by atoms with Gasteiger partial charge in [0.25, 0.3) is 0 Å². The van der Waals surface area contributed by atoms with Gasteiger partial charge in [0.05, 0.1) is 5.02 Å². The van der Waals surface area contributed by atoms with Gasteiger partial charge in [0.1, 0.15) is 22.9 Å². The maximum absolute atomic E-state index is 13.9. The molecule has 1 saturated heterocycles. The SMILES string of the molecule is CC(C)(C)OC(=O)NC1CC12CCN(c1ccc3c(n1)[nH]c1ccc(F)c(Cl)c13)C2. The molecule has 8 heteroatoms. The van der Waals surface area contributed by atoms with Crippen molar-refractivity contribution in [1.29, 1.82) is 0 Å². The molecule has 6 nitrogen and oxygen atoms in total. The highest BCUT2D eigenvalue weighted by atomic mass is 35.5. The summed E-state index contributed by atoms with van der Waals surface area (Å²) < 4.78 is 19.3. The second-order valence-electron chi connectivity index (χ2n) is 9.41. The van der Waals surface area contributed by atoms with Crippen LogP contribution in [-0.2, 0) is 4.74 Å². The summed E-state index contributed by atoms with van der Waals surface area (Å²) in [5.41, 5.74) is 1.04. The quantitative estimate of drug-likeness (QED) is 0.600. The van der Waals surface area contributed by atoms with Crippen LogP contribution in [0, 0.1) is 11.2 Å². The van der Waals surface area contributed by atoms with Crippen molar-refractivity contribution in [1.82, 2.24) is 15.3 Å². The topological polar surface area (TPSA) is 70.2 Å². The summed E-state index contributed by atoms with van der Waals surface area (Å²) in [5, 5.41) is 4.59. The van der Waals surface area contributed by atoms with Crippen LogP contribution in [0.2, 0.25) is 5.02 Å². The zero-order valence-corrected chi connectivity index (χ0v) is 17.9. The van der Waals surface area contributed by atoms with Crippen molar-refractivity contribution in [2.45, 2.75) is 45.3 Å². The first-order chi connectivity index (χ1) is 14.2. The molecule has 2 atom stereocenters. The zero-order valence-electron chi connectivity index (χ0n) is 17.2. The lowest BCUT2D eigenvalue weighted by Gasteiger charge is -2.21. The third kappa shape index (κ3) is 3.25. The standard InChI is InChI=1S/C22H24ClFN4O2/c1-21(2,3)30-20(29)26-15-10-22(15)8-9-28(11-22)16-7-4-12-17-14(25-19(12)27-16)6-5-13(24)18(17)23/h4-7,15H,8-11H2,1-3H3,(H,25,27)(H,26,29). The maximum Gasteiger partial charge on any atom is 0.407 e. The lowest BCUT2D eigenvalue weighted by atomic mass is 10.1. The molecule has 0 radical (unpaired) electrons. The van der Waals surface area contributed by atoms with E-state index in [4.69, 9.17) is 21.3 Å². The van der Waals surface area contributed by atoms with Crippen LogP contribution < -0.4 is 10.2 Å². The molecule has 3 heterocycles. The highest BCUT2D eigenvalue weighted by Crippen LogP contribution is 2.53. The minimum Gasteiger partial charge on any atom is -0.444 e. The van der Waals surface area contributed by atoms with Crippen molar-refractivity contribution < 1.29 is 13.9 Å². The first kappa shape index (κ1) is 19.4. The number of hydrogen-bond acceptors (Lipinski definition) is 4. The molecule has 30 heavy (non-hydrogen) atoms. The van der Waals surface area contributed by atoms with Crippen molar-refractivity contribution in [2.24, 2.45) is 5.41 Å². The molecule has 1 spiro atoms. The lowest BCUT2D eigenvalue weighted by Crippen LogP contribution is -2.36. The average Bonchev–Trinajstić information content (AvgIpc) is 3.01. The normalized spacial score (nSPS) is 23.5. The van der Waals surface area contributed by atoms with Crippen molar-refractivity contribution in [3.8, 4) is 0 Å². The molecule has 1 aromatic carbocycles. The van der Waals surface area contributed by atoms with Crippen molar-refractivity contribution in [2.75, 3.05) is 18.0 Å². The molecule has 5 rings (SSSR count). The van der Waals surface area contributed by atoms with Gasteiger partial charge in [-0.05, 0) is 57.9 Å². The van der Waals surface area contributed by atoms with Gasteiger partial charge in [-0.3, -0.25) is 0 Å². The number of pyridine rings is 1. The Hall–Kier alpha value is -2.54. The largest absolute Gasteiger partial charge is 0.444 e. The molecular formula is C22H24ClFN4O2. The molecular weight excluding hydrogens is 407 g/mol. The number of fused-ring (bicyclic) bond motifs is 3. The number of ether oxygens (including phenoxy) is 1. The number of anilines is 1. The number of alkyl carbamates (subject to hydrolysis) is 1. The number of halogens is 2. The van der Waals surface area contributed by atoms with E-state index in [2.05, 4.69) is 15.2 Å². The fourth-order valence-corrected chi connectivity index (χ4v) is 4.78. The molecule has 1 aliphatic carbocycles. The average molecular weight is 431 g/mol. The van der Waals surface area contributed by atoms with Gasteiger partial charge >= 0.3 is 6.09 Å². The summed E-state index contributed by atoms with van der Waals surface area (Å²) in [6.45, 7) is 7.29. The second kappa shape index (κ2) is 6.48. The Bertz CT molecular complexity index is 1170. The van der Waals surface area contributed by atoms with E-state index in [0.717, 1.165) is 42.7 Å². The van der Waals surface area contributed by atoms with Crippen molar-refractivity contribution >= 4 is 45.4 Å². The lowest BCUT2D eigenvalue weighted by molar-refractivity contribution is 0.0517. The molecule has 1 saturated carbocycles. The third-order valence-electron chi connectivity index (χ3n) is 6.09. The third-order valence-corrected chi connectivity index (χ3v) is 6.46. The number of carbonyl (C=O) groups is 1. The fourth-order valence-electron chi connectivity index (χ4n) is 4.51. The summed E-state index contributed by atoms with van der Waals surface area (Å²) in [6.07, 6.45) is 1.59. The van der Waals surface area contributed by atoms with Gasteiger partial charge in [-0.25, -0.2) is 14.2 Å². The number of benzene rings is 1. The van der Waals surface area contributed by atoms with Crippen LogP contribution in [0.1, 0.15) is 33.6 Å². The van der Waals surface area contributed by atoms with Crippen LogP contribution in [0.5, 0.6) is 0 Å². The van der Waals surface area contributed by atoms with Crippen molar-refractivity contribution in [3.05, 3.63) is 35.1 Å². The Balaban J connectivity index is 1.33. The van der Waals surface area contributed by atoms with E-state index < -0.39 is 11.4 Å². The minimum absolute atomic E-state index is 0.0838. The van der Waals surface area contributed by atoms with Gasteiger partial charge in [0.2, 0.25) is 0 Å². The van der Waals surface area contributed by atoms with Crippen LogP contribution in [-0.4, -0.2) is 40.8 Å². The Kier molecular flexibility index (Phi) is 4.19. The van der Waals surface area contributed by atoms with E-state index in [1.165, 1.54) is 6.07 Å². The number of rotatable bonds is 2. The van der Waals surface area contributed by atoms with E-state index >= 15 is 0 Å². The van der Waals surface area contributed by atoms with Gasteiger partial charge in [0.15, 0.2) is 0 Å². The fraction of sp³-hybridized carbons (Fsp3) is 0.455. The van der Waals surface area contributed by atoms with Crippen LogP contribution in [0.4, 0.5) is 15.0 Å². The summed E-state index contributed by atoms with van der Waals surface area (Å²) in [5.74, 6) is 0.429. The summed E-state index contributed by atoms with van der Waals surface area (Å²) >= 11 is 6.18. The van der Waals surface area contributed by atoms with E-state index in [-0.39, 0.29) is 22.6 Å². The molecule has 1 amide bonds. The molecule has 3 aromatic rings. The summed E-state index contributed by atoms with van der Waals surface area (Å²) in [6, 6.07) is 7.07. The number of carbonyl (C=O) groups excluding carboxylic acids is 1. The molecule has 2 aliphatic rings. The van der Waals surface area contributed by atoms with E-state index in [1.54, 1.807) is 6.07 Å². The van der Waals surface area contributed by atoms with Gasteiger partial charge < -0.3 is 19.9 Å². The Morgan fingerprint density at radius 3 is 2.93 bits per heavy atom. The van der Waals surface area contributed by atoms with Crippen molar-refractivity contribution in [3.63, 3.8) is 0 Å². The zero-order chi connectivity index (χ0) is 21.3. The molecule has 2 unspecified atom stereocenters. The predicted molar refractivity (Wildman–Crippen MR) is 116 cm³/mol. The van der Waals surface area contributed by atoms with Gasteiger partial charge in [0, 0.05) is 40.8 Å². The molecule has 2 aromatic heterocycles. The number of H-pyrrole nitrogens is 1. The van der Waals surface area contributed by atoms with Gasteiger partial charge in [-0.15, -0.1) is 0 Å². The number of aromatic nitrogens is 2. The monoisotopic (exact) mass is 430 g/mol. The van der Waals surface area contributed by atoms with Crippen LogP contribution in [0.3, 0.4) is 0 Å². The number of nitrogens with zero attached hydrogens (tertiary/aromatic N) is 2. The van der Waals surface area contributed by atoms with Gasteiger partial charge in [-0.1, -0.05) is 11.6 Å². The molecule has 1 aliphatic heterocycles. The molecule has 2 fully saturated rings. The molecule has 0 bridgehead atoms. The smallest absolute Gasteiger partial charge is 0.407 e. The van der Waals surface area contributed by atoms with Crippen LogP contribution >= 0.6 is 11.6 Å². The highest BCUT2D eigenvalue weighted by molar-refractivity contribution is 6.38.